The van der Waals surface area contributed by atoms with Gasteiger partial charge in [-0.1, -0.05) is 0 Å². The van der Waals surface area contributed by atoms with Crippen LogP contribution in [0, 0.1) is 60.7 Å². The highest BCUT2D eigenvalue weighted by atomic mass is 19.2. The van der Waals surface area contributed by atoms with Gasteiger partial charge < -0.3 is 0 Å². The predicted molar refractivity (Wildman–Crippen MR) is 54.8 cm³/mol. The SMILES string of the molecule is Fc1c(F)c(F)c(N=C[C]2[CH][CH][CH][CH]2)c(F)c1F. The van der Waals surface area contributed by atoms with E-state index in [1.165, 1.54) is 0 Å². The lowest BCUT2D eigenvalue weighted by Gasteiger charge is -2.04. The highest BCUT2D eigenvalue weighted by molar-refractivity contribution is 5.84. The highest BCUT2D eigenvalue weighted by Gasteiger charge is 2.25. The summed E-state index contributed by atoms with van der Waals surface area (Å²) in [5, 5.41) is 0. The van der Waals surface area contributed by atoms with E-state index in [0.29, 0.717) is 5.92 Å². The summed E-state index contributed by atoms with van der Waals surface area (Å²) in [5.41, 5.74) is -1.20. The summed E-state index contributed by atoms with van der Waals surface area (Å²) in [4.78, 5) is 3.29. The van der Waals surface area contributed by atoms with E-state index in [2.05, 4.69) is 4.99 Å². The minimum absolute atomic E-state index is 0.485. The number of benzene rings is 1. The Kier molecular flexibility index (Phi) is 3.63. The van der Waals surface area contributed by atoms with Gasteiger partial charge in [0.05, 0.1) is 0 Å². The molecule has 93 valence electrons. The molecule has 0 heterocycles. The highest BCUT2D eigenvalue weighted by Crippen LogP contribution is 2.30. The Balaban J connectivity index is 2.38. The molecule has 0 saturated heterocycles. The molecule has 1 aliphatic rings. The maximum atomic E-state index is 13.2. The van der Waals surface area contributed by atoms with Crippen molar-refractivity contribution in [2.24, 2.45) is 4.99 Å². The van der Waals surface area contributed by atoms with Gasteiger partial charge in [0.15, 0.2) is 23.3 Å². The van der Waals surface area contributed by atoms with Crippen molar-refractivity contribution in [1.82, 2.24) is 0 Å². The van der Waals surface area contributed by atoms with Crippen LogP contribution in [-0.4, -0.2) is 6.21 Å². The van der Waals surface area contributed by atoms with Crippen LogP contribution in [0.4, 0.5) is 27.6 Å². The van der Waals surface area contributed by atoms with Crippen LogP contribution in [0.2, 0.25) is 0 Å². The summed E-state index contributed by atoms with van der Waals surface area (Å²) in [6, 6.07) is 0. The largest absolute Gasteiger partial charge is 0.254 e. The van der Waals surface area contributed by atoms with Crippen LogP contribution >= 0.6 is 0 Å². The summed E-state index contributed by atoms with van der Waals surface area (Å²) in [6.07, 6.45) is 7.42. The smallest absolute Gasteiger partial charge is 0.200 e. The van der Waals surface area contributed by atoms with Crippen molar-refractivity contribution in [3.05, 3.63) is 60.7 Å². The van der Waals surface area contributed by atoms with Crippen molar-refractivity contribution in [2.75, 3.05) is 0 Å². The van der Waals surface area contributed by atoms with Gasteiger partial charge in [-0.3, -0.25) is 4.99 Å². The first-order valence-corrected chi connectivity index (χ1v) is 4.79. The van der Waals surface area contributed by atoms with E-state index in [0.717, 1.165) is 6.21 Å². The van der Waals surface area contributed by atoms with Gasteiger partial charge in [0, 0.05) is 12.1 Å². The predicted octanol–water partition coefficient (Wildman–Crippen LogP) is 3.49. The number of aliphatic imine (C=N–C) groups is 1. The molecule has 0 spiro atoms. The molecule has 1 nitrogen and oxygen atoms in total. The molecule has 1 fully saturated rings. The van der Waals surface area contributed by atoms with Crippen LogP contribution in [0.1, 0.15) is 0 Å². The van der Waals surface area contributed by atoms with Crippen LogP contribution in [0.25, 0.3) is 0 Å². The Morgan fingerprint density at radius 2 is 1.17 bits per heavy atom. The fourth-order valence-electron chi connectivity index (χ4n) is 1.32. The maximum absolute atomic E-state index is 13.2. The second kappa shape index (κ2) is 5.04. The van der Waals surface area contributed by atoms with E-state index in [1.54, 1.807) is 25.7 Å². The third-order valence-corrected chi connectivity index (χ3v) is 2.22. The van der Waals surface area contributed by atoms with Gasteiger partial charge in [0.25, 0.3) is 0 Å². The lowest BCUT2D eigenvalue weighted by molar-refractivity contribution is 0.381. The average molecular weight is 258 g/mol. The van der Waals surface area contributed by atoms with Crippen molar-refractivity contribution in [2.45, 2.75) is 0 Å². The summed E-state index contributed by atoms with van der Waals surface area (Å²) >= 11 is 0. The Bertz CT molecular complexity index is 463. The topological polar surface area (TPSA) is 12.4 Å². The van der Waals surface area contributed by atoms with E-state index in [1.807, 2.05) is 0 Å². The minimum atomic E-state index is -2.20. The van der Waals surface area contributed by atoms with E-state index < -0.39 is 34.8 Å². The second-order valence-corrected chi connectivity index (χ2v) is 3.39. The van der Waals surface area contributed by atoms with Crippen LogP contribution in [-0.2, 0) is 0 Å². The number of rotatable bonds is 2. The molecule has 0 aromatic heterocycles. The summed E-state index contributed by atoms with van der Waals surface area (Å²) in [7, 11) is 0. The van der Waals surface area contributed by atoms with E-state index in [-0.39, 0.29) is 0 Å². The normalized spacial score (nSPS) is 16.9. The molecular formula is C12H5F5N. The molecule has 1 aromatic carbocycles. The van der Waals surface area contributed by atoms with Gasteiger partial charge in [-0.25, -0.2) is 22.0 Å². The van der Waals surface area contributed by atoms with Gasteiger partial charge >= 0.3 is 0 Å². The van der Waals surface area contributed by atoms with Gasteiger partial charge in [-0.2, -0.15) is 0 Å². The molecule has 18 heavy (non-hydrogen) atoms. The molecular weight excluding hydrogens is 253 g/mol. The molecule has 6 heteroatoms. The first-order valence-electron chi connectivity index (χ1n) is 4.79. The Labute approximate surface area is 100 Å². The standard InChI is InChI=1S/C12H5F5N/c13-7-8(14)10(16)12(11(17)9(7)15)18-5-6-3-1-2-4-6/h1-5H. The van der Waals surface area contributed by atoms with Crippen molar-refractivity contribution in [3.8, 4) is 0 Å². The first kappa shape index (κ1) is 13.0. The fraction of sp³-hybridized carbons (Fsp3) is 0. The maximum Gasteiger partial charge on any atom is 0.200 e. The van der Waals surface area contributed by atoms with Gasteiger partial charge in [0.1, 0.15) is 5.69 Å². The number of nitrogens with zero attached hydrogens (tertiary/aromatic N) is 1. The zero-order valence-electron chi connectivity index (χ0n) is 8.72. The van der Waals surface area contributed by atoms with Crippen LogP contribution in [0.5, 0.6) is 0 Å². The molecule has 0 bridgehead atoms. The lowest BCUT2D eigenvalue weighted by Crippen LogP contribution is -2.01. The molecule has 0 atom stereocenters. The monoisotopic (exact) mass is 258 g/mol. The van der Waals surface area contributed by atoms with Gasteiger partial charge in [-0.15, -0.1) is 0 Å². The zero-order valence-corrected chi connectivity index (χ0v) is 8.72. The Morgan fingerprint density at radius 1 is 0.722 bits per heavy atom. The molecule has 2 rings (SSSR count). The average Bonchev–Trinajstić information content (AvgIpc) is 2.87. The fourth-order valence-corrected chi connectivity index (χ4v) is 1.32. The molecule has 5 radical (unpaired) electrons. The Morgan fingerprint density at radius 3 is 1.67 bits per heavy atom. The molecule has 0 unspecified atom stereocenters. The van der Waals surface area contributed by atoms with Gasteiger partial charge in [-0.05, 0) is 25.7 Å². The summed E-state index contributed by atoms with van der Waals surface area (Å²) < 4.78 is 64.8. The second-order valence-electron chi connectivity index (χ2n) is 3.39. The van der Waals surface area contributed by atoms with Crippen molar-refractivity contribution < 1.29 is 22.0 Å². The van der Waals surface area contributed by atoms with E-state index in [4.69, 9.17) is 0 Å². The van der Waals surface area contributed by atoms with Crippen molar-refractivity contribution in [3.63, 3.8) is 0 Å². The quantitative estimate of drug-likeness (QED) is 0.333. The minimum Gasteiger partial charge on any atom is -0.254 e. The number of hydrogen-bond acceptors (Lipinski definition) is 1. The van der Waals surface area contributed by atoms with Crippen LogP contribution in [0.3, 0.4) is 0 Å². The molecule has 0 N–H and O–H groups in total. The third kappa shape index (κ3) is 2.23. The van der Waals surface area contributed by atoms with Gasteiger partial charge in [0.2, 0.25) is 5.82 Å². The summed E-state index contributed by atoms with van der Waals surface area (Å²) in [6.45, 7) is 0. The zero-order chi connectivity index (χ0) is 13.3. The molecule has 0 amide bonds. The van der Waals surface area contributed by atoms with Crippen molar-refractivity contribution in [1.29, 1.82) is 0 Å². The first-order chi connectivity index (χ1) is 8.52. The Hall–Kier alpha value is -1.46. The number of hydrogen-bond donors (Lipinski definition) is 0. The third-order valence-electron chi connectivity index (χ3n) is 2.22. The van der Waals surface area contributed by atoms with E-state index >= 15 is 0 Å². The van der Waals surface area contributed by atoms with Crippen molar-refractivity contribution >= 4 is 11.9 Å². The molecule has 1 aliphatic carbocycles. The lowest BCUT2D eigenvalue weighted by atomic mass is 10.1. The number of halogens is 5. The molecule has 1 saturated carbocycles. The molecule has 0 aliphatic heterocycles. The van der Waals surface area contributed by atoms with E-state index in [9.17, 15) is 22.0 Å². The molecule has 1 aromatic rings. The van der Waals surface area contributed by atoms with Crippen LogP contribution in [0.15, 0.2) is 4.99 Å². The van der Waals surface area contributed by atoms with Crippen LogP contribution < -0.4 is 0 Å². The summed E-state index contributed by atoms with van der Waals surface area (Å²) in [5.74, 6) is -9.63.